The largest absolute Gasteiger partial charge is 0.493 e. The summed E-state index contributed by atoms with van der Waals surface area (Å²) in [5.41, 5.74) is 2.44. The second kappa shape index (κ2) is 8.73. The van der Waals surface area contributed by atoms with Crippen molar-refractivity contribution in [3.05, 3.63) is 72.2 Å². The molecule has 154 valence electrons. The van der Waals surface area contributed by atoms with E-state index in [1.807, 2.05) is 30.3 Å². The number of ether oxygens (including phenoxy) is 2. The minimum atomic E-state index is -0.305. The summed E-state index contributed by atoms with van der Waals surface area (Å²) in [6.45, 7) is 0.438. The maximum atomic E-state index is 12.8. The zero-order valence-electron chi connectivity index (χ0n) is 16.6. The van der Waals surface area contributed by atoms with Gasteiger partial charge in [-0.05, 0) is 54.8 Å². The SMILES string of the molecule is COc1ccccc1OCC(=O)Nc1ccc2c(c1)N(C(=O)c1ccco1)CCC2. The van der Waals surface area contributed by atoms with Crippen molar-refractivity contribution >= 4 is 23.2 Å². The minimum Gasteiger partial charge on any atom is -0.493 e. The number of methoxy groups -OCH3 is 1. The summed E-state index contributed by atoms with van der Waals surface area (Å²) in [5.74, 6) is 0.856. The highest BCUT2D eigenvalue weighted by molar-refractivity contribution is 6.05. The van der Waals surface area contributed by atoms with E-state index in [1.165, 1.54) is 6.26 Å². The van der Waals surface area contributed by atoms with Crippen molar-refractivity contribution in [3.63, 3.8) is 0 Å². The molecule has 0 bridgehead atoms. The summed E-state index contributed by atoms with van der Waals surface area (Å²) in [5, 5.41) is 2.83. The van der Waals surface area contributed by atoms with Gasteiger partial charge in [0.25, 0.3) is 11.8 Å². The summed E-state index contributed by atoms with van der Waals surface area (Å²) in [6.07, 6.45) is 3.23. The number of benzene rings is 2. The van der Waals surface area contributed by atoms with Crippen molar-refractivity contribution in [2.75, 3.05) is 30.5 Å². The molecule has 0 unspecified atom stereocenters. The van der Waals surface area contributed by atoms with E-state index in [0.717, 1.165) is 24.1 Å². The van der Waals surface area contributed by atoms with E-state index >= 15 is 0 Å². The molecule has 1 N–H and O–H groups in total. The highest BCUT2D eigenvalue weighted by Crippen LogP contribution is 2.31. The Morgan fingerprint density at radius 2 is 1.93 bits per heavy atom. The zero-order chi connectivity index (χ0) is 20.9. The molecule has 0 atom stereocenters. The fourth-order valence-electron chi connectivity index (χ4n) is 3.47. The number of anilines is 2. The fraction of sp³-hybridized carbons (Fsp3) is 0.217. The zero-order valence-corrected chi connectivity index (χ0v) is 16.6. The Balaban J connectivity index is 1.46. The molecule has 3 aromatic rings. The van der Waals surface area contributed by atoms with Crippen LogP contribution < -0.4 is 19.7 Å². The topological polar surface area (TPSA) is 81.0 Å². The average Bonchev–Trinajstić information content (AvgIpc) is 3.32. The first-order valence-electron chi connectivity index (χ1n) is 9.69. The monoisotopic (exact) mass is 406 g/mol. The van der Waals surface area contributed by atoms with Gasteiger partial charge in [0, 0.05) is 17.9 Å². The quantitative estimate of drug-likeness (QED) is 0.672. The van der Waals surface area contributed by atoms with Crippen molar-refractivity contribution in [1.29, 1.82) is 0 Å². The minimum absolute atomic E-state index is 0.160. The lowest BCUT2D eigenvalue weighted by Gasteiger charge is -2.29. The summed E-state index contributed by atoms with van der Waals surface area (Å²) in [7, 11) is 1.55. The normalized spacial score (nSPS) is 12.8. The molecule has 0 aliphatic carbocycles. The molecular weight excluding hydrogens is 384 g/mol. The lowest BCUT2D eigenvalue weighted by Crippen LogP contribution is -2.35. The second-order valence-electron chi connectivity index (χ2n) is 6.87. The highest BCUT2D eigenvalue weighted by Gasteiger charge is 2.25. The van der Waals surface area contributed by atoms with Gasteiger partial charge in [-0.1, -0.05) is 18.2 Å². The van der Waals surface area contributed by atoms with E-state index in [2.05, 4.69) is 5.32 Å². The van der Waals surface area contributed by atoms with Crippen molar-refractivity contribution in [3.8, 4) is 11.5 Å². The number of carbonyl (C=O) groups excluding carboxylic acids is 2. The molecule has 0 fully saturated rings. The van der Waals surface area contributed by atoms with E-state index < -0.39 is 0 Å². The third-order valence-corrected chi connectivity index (χ3v) is 4.89. The molecule has 1 aliphatic heterocycles. The molecule has 2 amide bonds. The van der Waals surface area contributed by atoms with Crippen LogP contribution in [0.5, 0.6) is 11.5 Å². The number of nitrogens with zero attached hydrogens (tertiary/aromatic N) is 1. The van der Waals surface area contributed by atoms with Crippen molar-refractivity contribution in [1.82, 2.24) is 0 Å². The Morgan fingerprint density at radius 1 is 1.10 bits per heavy atom. The van der Waals surface area contributed by atoms with Crippen LogP contribution in [-0.4, -0.2) is 32.1 Å². The molecule has 4 rings (SSSR count). The summed E-state index contributed by atoms with van der Waals surface area (Å²) in [6, 6.07) is 16.1. The number of furan rings is 1. The van der Waals surface area contributed by atoms with E-state index in [-0.39, 0.29) is 18.4 Å². The Bertz CT molecular complexity index is 1050. The molecule has 0 spiro atoms. The van der Waals surface area contributed by atoms with Gasteiger partial charge in [0.1, 0.15) is 0 Å². The van der Waals surface area contributed by atoms with Crippen LogP contribution in [0.25, 0.3) is 0 Å². The van der Waals surface area contributed by atoms with Crippen LogP contribution >= 0.6 is 0 Å². The number of nitrogens with one attached hydrogen (secondary N) is 1. The number of rotatable bonds is 6. The van der Waals surface area contributed by atoms with E-state index in [1.54, 1.807) is 36.3 Å². The van der Waals surface area contributed by atoms with Gasteiger partial charge in [0.2, 0.25) is 0 Å². The van der Waals surface area contributed by atoms with Crippen LogP contribution in [0.1, 0.15) is 22.5 Å². The van der Waals surface area contributed by atoms with Crippen LogP contribution in [0.2, 0.25) is 0 Å². The van der Waals surface area contributed by atoms with Gasteiger partial charge in [0.15, 0.2) is 23.9 Å². The molecule has 2 heterocycles. The molecule has 7 nitrogen and oxygen atoms in total. The number of carbonyl (C=O) groups is 2. The smallest absolute Gasteiger partial charge is 0.293 e. The highest BCUT2D eigenvalue weighted by atomic mass is 16.5. The Morgan fingerprint density at radius 3 is 2.70 bits per heavy atom. The standard InChI is InChI=1S/C23H22N2O5/c1-28-19-7-2-3-8-20(19)30-15-22(26)24-17-11-10-16-6-4-12-25(18(16)14-17)23(27)21-9-5-13-29-21/h2-3,5,7-11,13-14H,4,6,12,15H2,1H3,(H,24,26). The third kappa shape index (κ3) is 4.15. The van der Waals surface area contributed by atoms with Crippen molar-refractivity contribution in [2.45, 2.75) is 12.8 Å². The number of hydrogen-bond acceptors (Lipinski definition) is 5. The molecule has 2 aromatic carbocycles. The van der Waals surface area contributed by atoms with Crippen molar-refractivity contribution < 1.29 is 23.5 Å². The van der Waals surface area contributed by atoms with Gasteiger partial charge in [-0.2, -0.15) is 0 Å². The van der Waals surface area contributed by atoms with E-state index in [0.29, 0.717) is 29.5 Å². The average molecular weight is 406 g/mol. The summed E-state index contributed by atoms with van der Waals surface area (Å²) < 4.78 is 16.1. The number of fused-ring (bicyclic) bond motifs is 1. The van der Waals surface area contributed by atoms with E-state index in [4.69, 9.17) is 13.9 Å². The fourth-order valence-corrected chi connectivity index (χ4v) is 3.47. The Kier molecular flexibility index (Phi) is 5.70. The van der Waals surface area contributed by atoms with Crippen LogP contribution in [0, 0.1) is 0 Å². The van der Waals surface area contributed by atoms with Crippen LogP contribution in [0.15, 0.2) is 65.3 Å². The van der Waals surface area contributed by atoms with Gasteiger partial charge in [0.05, 0.1) is 13.4 Å². The van der Waals surface area contributed by atoms with Crippen LogP contribution in [-0.2, 0) is 11.2 Å². The molecule has 0 radical (unpaired) electrons. The molecule has 0 saturated heterocycles. The first-order valence-corrected chi connectivity index (χ1v) is 9.69. The number of hydrogen-bond donors (Lipinski definition) is 1. The molecule has 30 heavy (non-hydrogen) atoms. The lowest BCUT2D eigenvalue weighted by molar-refractivity contribution is -0.118. The summed E-state index contributed by atoms with van der Waals surface area (Å²) >= 11 is 0. The number of aryl methyl sites for hydroxylation is 1. The Labute approximate surface area is 174 Å². The summed E-state index contributed by atoms with van der Waals surface area (Å²) in [4.78, 5) is 26.9. The number of para-hydroxylation sites is 2. The van der Waals surface area contributed by atoms with E-state index in [9.17, 15) is 9.59 Å². The first kappa shape index (κ1) is 19.6. The molecular formula is C23H22N2O5. The first-order chi connectivity index (χ1) is 14.7. The van der Waals surface area contributed by atoms with Crippen molar-refractivity contribution in [2.24, 2.45) is 0 Å². The van der Waals surface area contributed by atoms with Gasteiger partial charge in [-0.25, -0.2) is 0 Å². The van der Waals surface area contributed by atoms with Gasteiger partial charge >= 0.3 is 0 Å². The lowest BCUT2D eigenvalue weighted by atomic mass is 10.0. The maximum absolute atomic E-state index is 12.8. The number of amides is 2. The van der Waals surface area contributed by atoms with Crippen LogP contribution in [0.3, 0.4) is 0 Å². The third-order valence-electron chi connectivity index (χ3n) is 4.89. The predicted molar refractivity (Wildman–Crippen MR) is 112 cm³/mol. The van der Waals surface area contributed by atoms with Gasteiger partial charge < -0.3 is 24.1 Å². The second-order valence-corrected chi connectivity index (χ2v) is 6.87. The van der Waals surface area contributed by atoms with Gasteiger partial charge in [-0.3, -0.25) is 9.59 Å². The molecule has 1 aromatic heterocycles. The maximum Gasteiger partial charge on any atom is 0.293 e. The van der Waals surface area contributed by atoms with Gasteiger partial charge in [-0.15, -0.1) is 0 Å². The molecule has 7 heteroatoms. The molecule has 0 saturated carbocycles. The predicted octanol–water partition coefficient (Wildman–Crippen LogP) is 3.90. The Hall–Kier alpha value is -3.74. The van der Waals surface area contributed by atoms with Crippen LogP contribution in [0.4, 0.5) is 11.4 Å². The molecule has 1 aliphatic rings.